The van der Waals surface area contributed by atoms with Crippen molar-refractivity contribution in [3.05, 3.63) is 0 Å². The summed E-state index contributed by atoms with van der Waals surface area (Å²) in [4.78, 5) is 11.1. The first-order chi connectivity index (χ1) is 6.71. The van der Waals surface area contributed by atoms with Crippen LogP contribution in [0.15, 0.2) is 0 Å². The van der Waals surface area contributed by atoms with Gasteiger partial charge in [-0.1, -0.05) is 0 Å². The van der Waals surface area contributed by atoms with E-state index in [0.29, 0.717) is 25.8 Å². The predicted octanol–water partition coefficient (Wildman–Crippen LogP) is 0.309. The van der Waals surface area contributed by atoms with Crippen LogP contribution < -0.4 is 5.32 Å². The van der Waals surface area contributed by atoms with Gasteiger partial charge in [0.05, 0.1) is 0 Å². The summed E-state index contributed by atoms with van der Waals surface area (Å²) in [5.74, 6) is 1.05. The monoisotopic (exact) mass is 219 g/mol. The molecule has 3 N–H and O–H groups in total. The topological polar surface area (TPSA) is 69.6 Å². The fourth-order valence-corrected chi connectivity index (χ4v) is 2.78. The number of hydrogen-bond acceptors (Lipinski definition) is 4. The quantitative estimate of drug-likeness (QED) is 0.581. The Morgan fingerprint density at radius 1 is 1.43 bits per heavy atom. The summed E-state index contributed by atoms with van der Waals surface area (Å²) in [5.41, 5.74) is -0.736. The maximum atomic E-state index is 11.1. The molecule has 14 heavy (non-hydrogen) atoms. The first-order valence-electron chi connectivity index (χ1n) is 4.88. The zero-order valence-electron chi connectivity index (χ0n) is 8.16. The number of rotatable bonds is 5. The summed E-state index contributed by atoms with van der Waals surface area (Å²) in [7, 11) is 0. The number of carbonyl (C=O) groups is 1. The molecule has 1 saturated heterocycles. The molecule has 82 valence electrons. The van der Waals surface area contributed by atoms with Crippen LogP contribution in [0, 0.1) is 0 Å². The molecule has 0 unspecified atom stereocenters. The van der Waals surface area contributed by atoms with Crippen LogP contribution in [0.1, 0.15) is 19.3 Å². The van der Waals surface area contributed by atoms with Gasteiger partial charge in [0.2, 0.25) is 0 Å². The van der Waals surface area contributed by atoms with E-state index in [1.807, 2.05) is 0 Å². The van der Waals surface area contributed by atoms with Crippen molar-refractivity contribution in [3.8, 4) is 0 Å². The zero-order chi connectivity index (χ0) is 10.4. The van der Waals surface area contributed by atoms with Gasteiger partial charge in [-0.15, -0.1) is 0 Å². The van der Waals surface area contributed by atoms with Crippen molar-refractivity contribution in [2.75, 3.05) is 24.7 Å². The molecule has 0 spiro atoms. The van der Waals surface area contributed by atoms with Crippen molar-refractivity contribution in [3.63, 3.8) is 0 Å². The van der Waals surface area contributed by atoms with Crippen LogP contribution in [0.4, 0.5) is 0 Å². The predicted molar refractivity (Wildman–Crippen MR) is 56.6 cm³/mol. The van der Waals surface area contributed by atoms with Gasteiger partial charge < -0.3 is 15.5 Å². The van der Waals surface area contributed by atoms with E-state index < -0.39 is 11.5 Å². The molecule has 0 bridgehead atoms. The standard InChI is InChI=1S/C9H17NO3S/c11-5-1-4-10-9(8(12)13)2-6-14-7-3-9/h10-11H,1-7H2,(H,12,13). The van der Waals surface area contributed by atoms with Crippen molar-refractivity contribution in [2.45, 2.75) is 24.8 Å². The third kappa shape index (κ3) is 2.87. The fourth-order valence-electron chi connectivity index (χ4n) is 1.59. The van der Waals surface area contributed by atoms with Gasteiger partial charge in [0.1, 0.15) is 5.54 Å². The molecule has 0 aromatic heterocycles. The molecule has 1 aliphatic heterocycles. The van der Waals surface area contributed by atoms with Crippen LogP contribution in [0.3, 0.4) is 0 Å². The molecule has 1 fully saturated rings. The number of aliphatic hydroxyl groups is 1. The van der Waals surface area contributed by atoms with Gasteiger partial charge in [-0.2, -0.15) is 11.8 Å². The van der Waals surface area contributed by atoms with Crippen LogP contribution in [-0.2, 0) is 4.79 Å². The molecular formula is C9H17NO3S. The maximum absolute atomic E-state index is 11.1. The molecule has 1 rings (SSSR count). The van der Waals surface area contributed by atoms with E-state index in [0.717, 1.165) is 11.5 Å². The summed E-state index contributed by atoms with van der Waals surface area (Å²) in [6, 6.07) is 0. The van der Waals surface area contributed by atoms with Crippen LogP contribution in [0.5, 0.6) is 0 Å². The number of carboxylic acid groups (broad SMARTS) is 1. The Bertz CT molecular complexity index is 192. The van der Waals surface area contributed by atoms with E-state index in [2.05, 4.69) is 5.32 Å². The van der Waals surface area contributed by atoms with Gasteiger partial charge in [-0.3, -0.25) is 4.79 Å². The van der Waals surface area contributed by atoms with Crippen molar-refractivity contribution in [2.24, 2.45) is 0 Å². The Labute approximate surface area is 88.1 Å². The molecule has 0 saturated carbocycles. The minimum Gasteiger partial charge on any atom is -0.480 e. The fraction of sp³-hybridized carbons (Fsp3) is 0.889. The van der Waals surface area contributed by atoms with E-state index in [4.69, 9.17) is 10.2 Å². The first-order valence-corrected chi connectivity index (χ1v) is 6.04. The van der Waals surface area contributed by atoms with Crippen molar-refractivity contribution in [1.82, 2.24) is 5.32 Å². The van der Waals surface area contributed by atoms with E-state index in [9.17, 15) is 4.79 Å². The Kier molecular flexibility index (Phi) is 4.71. The molecule has 1 aliphatic rings. The molecule has 4 nitrogen and oxygen atoms in total. The number of carboxylic acids is 1. The van der Waals surface area contributed by atoms with Crippen LogP contribution >= 0.6 is 11.8 Å². The van der Waals surface area contributed by atoms with Crippen LogP contribution in [0.25, 0.3) is 0 Å². The lowest BCUT2D eigenvalue weighted by atomic mass is 9.92. The SMILES string of the molecule is O=C(O)C1(NCCCO)CCSCC1. The summed E-state index contributed by atoms with van der Waals surface area (Å²) in [6.07, 6.45) is 1.97. The minimum absolute atomic E-state index is 0.109. The zero-order valence-corrected chi connectivity index (χ0v) is 8.98. The highest BCUT2D eigenvalue weighted by atomic mass is 32.2. The maximum Gasteiger partial charge on any atom is 0.323 e. The second kappa shape index (κ2) is 5.58. The van der Waals surface area contributed by atoms with E-state index in [-0.39, 0.29) is 6.61 Å². The summed E-state index contributed by atoms with van der Waals surface area (Å²) >= 11 is 1.80. The molecular weight excluding hydrogens is 202 g/mol. The van der Waals surface area contributed by atoms with Crippen molar-refractivity contribution >= 4 is 17.7 Å². The third-order valence-electron chi connectivity index (χ3n) is 2.55. The van der Waals surface area contributed by atoms with Gasteiger partial charge in [-0.05, 0) is 37.3 Å². The second-order valence-corrected chi connectivity index (χ2v) is 4.73. The van der Waals surface area contributed by atoms with Crippen molar-refractivity contribution < 1.29 is 15.0 Å². The number of nitrogens with one attached hydrogen (secondary N) is 1. The Morgan fingerprint density at radius 2 is 2.07 bits per heavy atom. The normalized spacial score (nSPS) is 20.6. The minimum atomic E-state index is -0.754. The second-order valence-electron chi connectivity index (χ2n) is 3.50. The average molecular weight is 219 g/mol. The smallest absolute Gasteiger partial charge is 0.323 e. The molecule has 0 aromatic carbocycles. The van der Waals surface area contributed by atoms with Gasteiger partial charge in [0.25, 0.3) is 0 Å². The third-order valence-corrected chi connectivity index (χ3v) is 3.54. The van der Waals surface area contributed by atoms with Gasteiger partial charge >= 0.3 is 5.97 Å². The molecule has 1 heterocycles. The van der Waals surface area contributed by atoms with Gasteiger partial charge in [0, 0.05) is 6.61 Å². The lowest BCUT2D eigenvalue weighted by Gasteiger charge is -2.33. The molecule has 0 aromatic rings. The van der Waals surface area contributed by atoms with E-state index in [1.54, 1.807) is 11.8 Å². The average Bonchev–Trinajstić information content (AvgIpc) is 2.19. The van der Waals surface area contributed by atoms with Crippen LogP contribution in [-0.4, -0.2) is 46.4 Å². The number of aliphatic hydroxyl groups excluding tert-OH is 1. The Morgan fingerprint density at radius 3 is 2.57 bits per heavy atom. The van der Waals surface area contributed by atoms with E-state index in [1.165, 1.54) is 0 Å². The largest absolute Gasteiger partial charge is 0.480 e. The number of thioether (sulfide) groups is 1. The Balaban J connectivity index is 2.47. The van der Waals surface area contributed by atoms with Gasteiger partial charge in [0.15, 0.2) is 0 Å². The molecule has 0 radical (unpaired) electrons. The summed E-state index contributed by atoms with van der Waals surface area (Å²) in [5, 5.41) is 20.8. The summed E-state index contributed by atoms with van der Waals surface area (Å²) < 4.78 is 0. The molecule has 0 atom stereocenters. The highest BCUT2D eigenvalue weighted by molar-refractivity contribution is 7.99. The van der Waals surface area contributed by atoms with E-state index >= 15 is 0 Å². The molecule has 5 heteroatoms. The van der Waals surface area contributed by atoms with Crippen molar-refractivity contribution in [1.29, 1.82) is 0 Å². The Hall–Kier alpha value is -0.260. The lowest BCUT2D eigenvalue weighted by molar-refractivity contribution is -0.145. The summed E-state index contributed by atoms with van der Waals surface area (Å²) in [6.45, 7) is 0.685. The molecule has 0 amide bonds. The highest BCUT2D eigenvalue weighted by Crippen LogP contribution is 2.27. The lowest BCUT2D eigenvalue weighted by Crippen LogP contribution is -2.54. The number of aliphatic carboxylic acids is 1. The molecule has 0 aliphatic carbocycles. The highest BCUT2D eigenvalue weighted by Gasteiger charge is 2.38. The number of hydrogen-bond donors (Lipinski definition) is 3. The van der Waals surface area contributed by atoms with Gasteiger partial charge in [-0.25, -0.2) is 0 Å². The van der Waals surface area contributed by atoms with Crippen LogP contribution in [0.2, 0.25) is 0 Å². The first kappa shape index (κ1) is 11.8.